The van der Waals surface area contributed by atoms with Gasteiger partial charge in [-0.2, -0.15) is 8.78 Å². The standard InChI is InChI=1S/C19H29F2N3O3/c1-19(2,24-8-10-26-11-9-24)14-22-17(25)13-23(3)12-15-4-6-16(7-5-15)27-18(20)21/h4-7,18H,8-14H2,1-3H3,(H,22,25). The van der Waals surface area contributed by atoms with Crippen molar-refractivity contribution in [1.82, 2.24) is 15.1 Å². The molecule has 1 fully saturated rings. The molecule has 0 unspecified atom stereocenters. The van der Waals surface area contributed by atoms with Gasteiger partial charge in [0.05, 0.1) is 19.8 Å². The van der Waals surface area contributed by atoms with E-state index in [1.807, 2.05) is 11.9 Å². The number of ether oxygens (including phenoxy) is 2. The zero-order valence-corrected chi connectivity index (χ0v) is 16.2. The maximum atomic E-state index is 12.2. The van der Waals surface area contributed by atoms with Crippen LogP contribution in [0.2, 0.25) is 0 Å². The number of carbonyl (C=O) groups excluding carboxylic acids is 1. The van der Waals surface area contributed by atoms with Crippen molar-refractivity contribution in [1.29, 1.82) is 0 Å². The number of carbonyl (C=O) groups is 1. The molecule has 1 N–H and O–H groups in total. The largest absolute Gasteiger partial charge is 0.435 e. The van der Waals surface area contributed by atoms with Gasteiger partial charge >= 0.3 is 6.61 Å². The van der Waals surface area contributed by atoms with Crippen LogP contribution in [0, 0.1) is 0 Å². The van der Waals surface area contributed by atoms with Crippen LogP contribution in [0.5, 0.6) is 5.75 Å². The summed E-state index contributed by atoms with van der Waals surface area (Å²) in [5, 5.41) is 3.00. The second-order valence-corrected chi connectivity index (χ2v) is 7.38. The summed E-state index contributed by atoms with van der Waals surface area (Å²) in [4.78, 5) is 16.4. The zero-order valence-electron chi connectivity index (χ0n) is 16.2. The first-order valence-corrected chi connectivity index (χ1v) is 9.08. The second kappa shape index (κ2) is 9.96. The number of hydrogen-bond donors (Lipinski definition) is 1. The molecular formula is C19H29F2N3O3. The average molecular weight is 385 g/mol. The van der Waals surface area contributed by atoms with Crippen LogP contribution in [0.4, 0.5) is 8.78 Å². The highest BCUT2D eigenvalue weighted by atomic mass is 19.3. The van der Waals surface area contributed by atoms with E-state index in [9.17, 15) is 13.6 Å². The molecule has 27 heavy (non-hydrogen) atoms. The minimum atomic E-state index is -2.83. The van der Waals surface area contributed by atoms with E-state index >= 15 is 0 Å². The molecule has 0 spiro atoms. The zero-order chi connectivity index (χ0) is 19.9. The monoisotopic (exact) mass is 385 g/mol. The number of amides is 1. The molecule has 0 saturated carbocycles. The Hall–Kier alpha value is -1.77. The summed E-state index contributed by atoms with van der Waals surface area (Å²) >= 11 is 0. The second-order valence-electron chi connectivity index (χ2n) is 7.38. The molecule has 0 aliphatic carbocycles. The van der Waals surface area contributed by atoms with Crippen molar-refractivity contribution in [3.63, 3.8) is 0 Å². The lowest BCUT2D eigenvalue weighted by molar-refractivity contribution is -0.122. The molecule has 1 saturated heterocycles. The lowest BCUT2D eigenvalue weighted by Crippen LogP contribution is -2.56. The minimum Gasteiger partial charge on any atom is -0.435 e. The Balaban J connectivity index is 1.74. The van der Waals surface area contributed by atoms with E-state index in [-0.39, 0.29) is 23.7 Å². The first-order chi connectivity index (χ1) is 12.8. The predicted octanol–water partition coefficient (Wildman–Crippen LogP) is 1.95. The van der Waals surface area contributed by atoms with Crippen molar-refractivity contribution in [2.75, 3.05) is 46.4 Å². The van der Waals surface area contributed by atoms with Gasteiger partial charge in [0.2, 0.25) is 5.91 Å². The number of nitrogens with one attached hydrogen (secondary N) is 1. The molecule has 152 valence electrons. The Labute approximate surface area is 159 Å². The van der Waals surface area contributed by atoms with Gasteiger partial charge < -0.3 is 14.8 Å². The molecule has 0 atom stereocenters. The van der Waals surface area contributed by atoms with Gasteiger partial charge in [0, 0.05) is 31.7 Å². The first kappa shape index (κ1) is 21.5. The van der Waals surface area contributed by atoms with Crippen LogP contribution in [0.1, 0.15) is 19.4 Å². The van der Waals surface area contributed by atoms with E-state index in [1.165, 1.54) is 12.1 Å². The molecule has 6 nitrogen and oxygen atoms in total. The maximum Gasteiger partial charge on any atom is 0.387 e. The van der Waals surface area contributed by atoms with Crippen LogP contribution in [0.15, 0.2) is 24.3 Å². The van der Waals surface area contributed by atoms with Crippen molar-refractivity contribution in [3.8, 4) is 5.75 Å². The highest BCUT2D eigenvalue weighted by Gasteiger charge is 2.28. The van der Waals surface area contributed by atoms with Crippen molar-refractivity contribution in [3.05, 3.63) is 29.8 Å². The molecular weight excluding hydrogens is 356 g/mol. The van der Waals surface area contributed by atoms with E-state index in [4.69, 9.17) is 4.74 Å². The number of likely N-dealkylation sites (N-methyl/N-ethyl adjacent to an activating group) is 1. The molecule has 1 aromatic carbocycles. The number of rotatable bonds is 9. The fourth-order valence-electron chi connectivity index (χ4n) is 3.04. The number of hydrogen-bond acceptors (Lipinski definition) is 5. The molecule has 2 rings (SSSR count). The van der Waals surface area contributed by atoms with Crippen molar-refractivity contribution < 1.29 is 23.0 Å². The third-order valence-corrected chi connectivity index (χ3v) is 4.60. The van der Waals surface area contributed by atoms with Gasteiger partial charge in [0.15, 0.2) is 0 Å². The Morgan fingerprint density at radius 2 is 1.93 bits per heavy atom. The van der Waals surface area contributed by atoms with Gasteiger partial charge in [0.1, 0.15) is 5.75 Å². The minimum absolute atomic E-state index is 0.0449. The Morgan fingerprint density at radius 1 is 1.30 bits per heavy atom. The summed E-state index contributed by atoms with van der Waals surface area (Å²) in [5.74, 6) is 0.0796. The summed E-state index contributed by atoms with van der Waals surface area (Å²) in [5.41, 5.74) is 0.791. The van der Waals surface area contributed by atoms with Gasteiger partial charge in [0.25, 0.3) is 0 Å². The van der Waals surface area contributed by atoms with Crippen LogP contribution >= 0.6 is 0 Å². The third-order valence-electron chi connectivity index (χ3n) is 4.60. The summed E-state index contributed by atoms with van der Waals surface area (Å²) in [6.07, 6.45) is 0. The molecule has 1 aromatic rings. The Bertz CT molecular complexity index is 590. The summed E-state index contributed by atoms with van der Waals surface area (Å²) in [6, 6.07) is 6.43. The predicted molar refractivity (Wildman–Crippen MR) is 98.9 cm³/mol. The fourth-order valence-corrected chi connectivity index (χ4v) is 3.04. The molecule has 0 radical (unpaired) electrons. The van der Waals surface area contributed by atoms with Gasteiger partial charge in [-0.05, 0) is 38.6 Å². The summed E-state index contributed by atoms with van der Waals surface area (Å²) < 4.78 is 34.0. The van der Waals surface area contributed by atoms with Crippen LogP contribution in [-0.4, -0.2) is 74.3 Å². The van der Waals surface area contributed by atoms with Gasteiger partial charge in [-0.25, -0.2) is 0 Å². The Morgan fingerprint density at radius 3 is 2.52 bits per heavy atom. The van der Waals surface area contributed by atoms with Crippen molar-refractivity contribution in [2.45, 2.75) is 32.5 Å². The normalized spacial score (nSPS) is 16.0. The lowest BCUT2D eigenvalue weighted by Gasteiger charge is -2.40. The molecule has 8 heteroatoms. The fraction of sp³-hybridized carbons (Fsp3) is 0.632. The van der Waals surface area contributed by atoms with Crippen molar-refractivity contribution >= 4 is 5.91 Å². The summed E-state index contributed by atoms with van der Waals surface area (Å²) in [7, 11) is 1.84. The third kappa shape index (κ3) is 7.40. The quantitative estimate of drug-likeness (QED) is 0.704. The van der Waals surface area contributed by atoms with Crippen LogP contribution in [0.3, 0.4) is 0 Å². The Kier molecular flexibility index (Phi) is 7.94. The van der Waals surface area contributed by atoms with Crippen molar-refractivity contribution in [2.24, 2.45) is 0 Å². The van der Waals surface area contributed by atoms with Gasteiger partial charge in [-0.15, -0.1) is 0 Å². The van der Waals surface area contributed by atoms with E-state index in [2.05, 4.69) is 28.8 Å². The number of nitrogens with zero attached hydrogens (tertiary/aromatic N) is 2. The first-order valence-electron chi connectivity index (χ1n) is 9.08. The van der Waals surface area contributed by atoms with Crippen LogP contribution < -0.4 is 10.1 Å². The van der Waals surface area contributed by atoms with Gasteiger partial charge in [-0.1, -0.05) is 12.1 Å². The molecule has 0 bridgehead atoms. The molecule has 1 heterocycles. The molecule has 0 aromatic heterocycles. The molecule has 1 amide bonds. The van der Waals surface area contributed by atoms with Crippen LogP contribution in [-0.2, 0) is 16.1 Å². The van der Waals surface area contributed by atoms with E-state index in [0.29, 0.717) is 13.1 Å². The number of alkyl halides is 2. The maximum absolute atomic E-state index is 12.2. The number of morpholine rings is 1. The molecule has 1 aliphatic heterocycles. The smallest absolute Gasteiger partial charge is 0.387 e. The lowest BCUT2D eigenvalue weighted by atomic mass is 10.0. The topological polar surface area (TPSA) is 54.0 Å². The number of halogens is 2. The SMILES string of the molecule is CN(CC(=O)NCC(C)(C)N1CCOCC1)Cc1ccc(OC(F)F)cc1. The average Bonchev–Trinajstić information content (AvgIpc) is 2.62. The van der Waals surface area contributed by atoms with Crippen LogP contribution in [0.25, 0.3) is 0 Å². The number of benzene rings is 1. The van der Waals surface area contributed by atoms with E-state index in [1.54, 1.807) is 12.1 Å². The molecule has 1 aliphatic rings. The van der Waals surface area contributed by atoms with Gasteiger partial charge in [-0.3, -0.25) is 14.6 Å². The highest BCUT2D eigenvalue weighted by Crippen LogP contribution is 2.16. The van der Waals surface area contributed by atoms with E-state index < -0.39 is 6.61 Å². The van der Waals surface area contributed by atoms with E-state index in [0.717, 1.165) is 31.9 Å². The highest BCUT2D eigenvalue weighted by molar-refractivity contribution is 5.78. The summed E-state index contributed by atoms with van der Waals surface area (Å²) in [6.45, 7) is 5.95.